The smallest absolute Gasteiger partial charge is 0.118 e. The van der Waals surface area contributed by atoms with E-state index in [4.69, 9.17) is 4.74 Å². The molecule has 1 aromatic carbocycles. The Bertz CT molecular complexity index is 460. The summed E-state index contributed by atoms with van der Waals surface area (Å²) in [5, 5.41) is 0. The highest BCUT2D eigenvalue weighted by Gasteiger charge is 2.40. The number of methoxy groups -OCH3 is 1. The molecule has 2 bridgehead atoms. The molecule has 1 heterocycles. The molecular formula is C16H21NO. The van der Waals surface area contributed by atoms with Gasteiger partial charge in [0.25, 0.3) is 0 Å². The van der Waals surface area contributed by atoms with Gasteiger partial charge in [-0.1, -0.05) is 18.2 Å². The van der Waals surface area contributed by atoms with Gasteiger partial charge in [0.1, 0.15) is 5.75 Å². The first-order valence-electron chi connectivity index (χ1n) is 6.81. The van der Waals surface area contributed by atoms with Crippen molar-refractivity contribution in [2.45, 2.75) is 32.4 Å². The van der Waals surface area contributed by atoms with Crippen molar-refractivity contribution in [1.29, 1.82) is 0 Å². The fraction of sp³-hybridized carbons (Fsp3) is 0.500. The Hall–Kier alpha value is -1.28. The Morgan fingerprint density at radius 1 is 1.22 bits per heavy atom. The molecule has 1 aliphatic carbocycles. The maximum atomic E-state index is 5.22. The van der Waals surface area contributed by atoms with Crippen LogP contribution in [-0.2, 0) is 0 Å². The second-order valence-electron chi connectivity index (χ2n) is 5.65. The SMILES string of the molecule is COc1ccc(C2=CC3CC2N(C(C)C)C3)cc1. The van der Waals surface area contributed by atoms with Crippen LogP contribution in [0.1, 0.15) is 25.8 Å². The summed E-state index contributed by atoms with van der Waals surface area (Å²) in [5.74, 6) is 1.69. The molecule has 2 aliphatic rings. The lowest BCUT2D eigenvalue weighted by Gasteiger charge is -2.31. The van der Waals surface area contributed by atoms with Crippen LogP contribution in [0, 0.1) is 5.92 Å². The normalized spacial score (nSPS) is 26.8. The summed E-state index contributed by atoms with van der Waals surface area (Å²) in [7, 11) is 1.71. The van der Waals surface area contributed by atoms with Gasteiger partial charge >= 0.3 is 0 Å². The number of hydrogen-bond acceptors (Lipinski definition) is 2. The Balaban J connectivity index is 1.87. The molecule has 3 rings (SSSR count). The topological polar surface area (TPSA) is 12.5 Å². The molecule has 2 heteroatoms. The van der Waals surface area contributed by atoms with Crippen LogP contribution >= 0.6 is 0 Å². The third kappa shape index (κ3) is 1.85. The van der Waals surface area contributed by atoms with Crippen LogP contribution < -0.4 is 4.74 Å². The molecule has 1 saturated heterocycles. The number of rotatable bonds is 3. The summed E-state index contributed by atoms with van der Waals surface area (Å²) < 4.78 is 5.22. The molecule has 0 amide bonds. The first kappa shape index (κ1) is 11.8. The molecule has 1 fully saturated rings. The van der Waals surface area contributed by atoms with Crippen molar-refractivity contribution in [3.63, 3.8) is 0 Å². The predicted molar refractivity (Wildman–Crippen MR) is 74.7 cm³/mol. The zero-order chi connectivity index (χ0) is 12.7. The lowest BCUT2D eigenvalue weighted by Crippen LogP contribution is -2.37. The van der Waals surface area contributed by atoms with Crippen molar-refractivity contribution < 1.29 is 4.74 Å². The maximum Gasteiger partial charge on any atom is 0.118 e. The largest absolute Gasteiger partial charge is 0.497 e. The number of hydrogen-bond donors (Lipinski definition) is 0. The average molecular weight is 243 g/mol. The molecule has 0 N–H and O–H groups in total. The van der Waals surface area contributed by atoms with Crippen molar-refractivity contribution >= 4 is 5.57 Å². The molecule has 0 spiro atoms. The van der Waals surface area contributed by atoms with Crippen LogP contribution in [0.15, 0.2) is 30.3 Å². The second kappa shape index (κ2) is 4.43. The third-order valence-electron chi connectivity index (χ3n) is 4.23. The van der Waals surface area contributed by atoms with E-state index >= 15 is 0 Å². The summed E-state index contributed by atoms with van der Waals surface area (Å²) in [4.78, 5) is 2.63. The van der Waals surface area contributed by atoms with Crippen molar-refractivity contribution in [3.05, 3.63) is 35.9 Å². The Morgan fingerprint density at radius 2 is 1.94 bits per heavy atom. The Labute approximate surface area is 109 Å². The first-order valence-corrected chi connectivity index (χ1v) is 6.81. The molecule has 18 heavy (non-hydrogen) atoms. The van der Waals surface area contributed by atoms with Crippen molar-refractivity contribution in [3.8, 4) is 5.75 Å². The lowest BCUT2D eigenvalue weighted by atomic mass is 9.99. The Morgan fingerprint density at radius 3 is 2.50 bits per heavy atom. The number of fused-ring (bicyclic) bond motifs is 2. The molecule has 1 aromatic rings. The van der Waals surface area contributed by atoms with Gasteiger partial charge in [-0.15, -0.1) is 0 Å². The minimum Gasteiger partial charge on any atom is -0.497 e. The van der Waals surface area contributed by atoms with Gasteiger partial charge in [-0.3, -0.25) is 4.90 Å². The van der Waals surface area contributed by atoms with Gasteiger partial charge in [0.05, 0.1) is 7.11 Å². The molecule has 2 nitrogen and oxygen atoms in total. The third-order valence-corrected chi connectivity index (χ3v) is 4.23. The maximum absolute atomic E-state index is 5.22. The van der Waals surface area contributed by atoms with Gasteiger partial charge in [-0.2, -0.15) is 0 Å². The molecule has 0 radical (unpaired) electrons. The molecule has 0 saturated carbocycles. The molecule has 1 aliphatic heterocycles. The van der Waals surface area contributed by atoms with E-state index in [-0.39, 0.29) is 0 Å². The minimum atomic E-state index is 0.628. The monoisotopic (exact) mass is 243 g/mol. The van der Waals surface area contributed by atoms with Gasteiger partial charge in [0, 0.05) is 18.6 Å². The van der Waals surface area contributed by atoms with E-state index in [1.165, 1.54) is 24.1 Å². The number of likely N-dealkylation sites (tertiary alicyclic amines) is 1. The quantitative estimate of drug-likeness (QED) is 0.808. The van der Waals surface area contributed by atoms with E-state index < -0.39 is 0 Å². The van der Waals surface area contributed by atoms with Crippen LogP contribution in [0.4, 0.5) is 0 Å². The van der Waals surface area contributed by atoms with E-state index in [1.54, 1.807) is 7.11 Å². The van der Waals surface area contributed by atoms with E-state index in [0.29, 0.717) is 12.1 Å². The van der Waals surface area contributed by atoms with Crippen molar-refractivity contribution in [2.75, 3.05) is 13.7 Å². The molecule has 2 unspecified atom stereocenters. The van der Waals surface area contributed by atoms with E-state index in [0.717, 1.165) is 11.7 Å². The van der Waals surface area contributed by atoms with Crippen LogP contribution in [0.2, 0.25) is 0 Å². The van der Waals surface area contributed by atoms with Gasteiger partial charge in [0.15, 0.2) is 0 Å². The van der Waals surface area contributed by atoms with E-state index in [1.807, 2.05) is 0 Å². The van der Waals surface area contributed by atoms with Crippen LogP contribution in [-0.4, -0.2) is 30.6 Å². The first-order chi connectivity index (χ1) is 8.69. The fourth-order valence-corrected chi connectivity index (χ4v) is 3.33. The minimum absolute atomic E-state index is 0.628. The molecular weight excluding hydrogens is 222 g/mol. The summed E-state index contributed by atoms with van der Waals surface area (Å²) >= 11 is 0. The summed E-state index contributed by atoms with van der Waals surface area (Å²) in [6.07, 6.45) is 3.78. The van der Waals surface area contributed by atoms with Gasteiger partial charge in [-0.25, -0.2) is 0 Å². The highest BCUT2D eigenvalue weighted by molar-refractivity contribution is 5.73. The van der Waals surface area contributed by atoms with Gasteiger partial charge in [0.2, 0.25) is 0 Å². The van der Waals surface area contributed by atoms with Crippen LogP contribution in [0.25, 0.3) is 5.57 Å². The van der Waals surface area contributed by atoms with Crippen LogP contribution in [0.3, 0.4) is 0 Å². The standard InChI is InChI=1S/C16H21NO/c1-11(2)17-10-12-8-15(16(17)9-12)13-4-6-14(18-3)7-5-13/h4-8,11-12,16H,9-10H2,1-3H3. The highest BCUT2D eigenvalue weighted by atomic mass is 16.5. The van der Waals surface area contributed by atoms with Gasteiger partial charge < -0.3 is 4.74 Å². The highest BCUT2D eigenvalue weighted by Crippen LogP contribution is 2.42. The van der Waals surface area contributed by atoms with Gasteiger partial charge in [-0.05, 0) is 49.5 Å². The van der Waals surface area contributed by atoms with Crippen LogP contribution in [0.5, 0.6) is 5.75 Å². The van der Waals surface area contributed by atoms with E-state index in [2.05, 4.69) is 49.1 Å². The summed E-state index contributed by atoms with van der Waals surface area (Å²) in [6.45, 7) is 5.83. The fourth-order valence-electron chi connectivity index (χ4n) is 3.33. The number of nitrogens with zero attached hydrogens (tertiary/aromatic N) is 1. The Kier molecular flexibility index (Phi) is 2.90. The molecule has 0 aromatic heterocycles. The second-order valence-corrected chi connectivity index (χ2v) is 5.65. The van der Waals surface area contributed by atoms with Crippen molar-refractivity contribution in [1.82, 2.24) is 4.90 Å². The number of benzene rings is 1. The van der Waals surface area contributed by atoms with E-state index in [9.17, 15) is 0 Å². The summed E-state index contributed by atoms with van der Waals surface area (Å²) in [6, 6.07) is 9.75. The number of ether oxygens (including phenoxy) is 1. The zero-order valence-electron chi connectivity index (χ0n) is 11.4. The summed E-state index contributed by atoms with van der Waals surface area (Å²) in [5.41, 5.74) is 2.87. The van der Waals surface area contributed by atoms with Crippen molar-refractivity contribution in [2.24, 2.45) is 5.92 Å². The average Bonchev–Trinajstić information content (AvgIpc) is 2.98. The zero-order valence-corrected chi connectivity index (χ0v) is 11.4. The molecule has 2 atom stereocenters. The molecule has 96 valence electrons. The lowest BCUT2D eigenvalue weighted by molar-refractivity contribution is 0.231. The predicted octanol–water partition coefficient (Wildman–Crippen LogP) is 3.19.